The van der Waals surface area contributed by atoms with Crippen LogP contribution in [0, 0.1) is 0 Å². The molecule has 2 heterocycles. The number of rotatable bonds is 3. The van der Waals surface area contributed by atoms with Gasteiger partial charge >= 0.3 is 5.69 Å². The van der Waals surface area contributed by atoms with Crippen molar-refractivity contribution < 1.29 is 0 Å². The van der Waals surface area contributed by atoms with E-state index in [1.165, 1.54) is 4.57 Å². The lowest BCUT2D eigenvalue weighted by molar-refractivity contribution is 0.910. The highest BCUT2D eigenvalue weighted by Crippen LogP contribution is 2.39. The second kappa shape index (κ2) is 5.60. The van der Waals surface area contributed by atoms with Crippen LogP contribution in [-0.2, 0) is 6.42 Å². The number of nitrogen functional groups attached to an aromatic ring is 1. The van der Waals surface area contributed by atoms with Crippen LogP contribution in [0.2, 0.25) is 5.02 Å². The van der Waals surface area contributed by atoms with Crippen molar-refractivity contribution in [3.05, 3.63) is 57.1 Å². The van der Waals surface area contributed by atoms with Gasteiger partial charge in [0.2, 0.25) is 0 Å². The van der Waals surface area contributed by atoms with Crippen molar-refractivity contribution in [3.63, 3.8) is 0 Å². The van der Waals surface area contributed by atoms with Crippen LogP contribution in [0.25, 0.3) is 16.7 Å². The summed E-state index contributed by atoms with van der Waals surface area (Å²) in [5, 5.41) is 1.31. The molecule has 3 aromatic rings. The summed E-state index contributed by atoms with van der Waals surface area (Å²) in [7, 11) is 0. The van der Waals surface area contributed by atoms with E-state index < -0.39 is 5.69 Å². The third-order valence-corrected chi connectivity index (χ3v) is 4.83. The average Bonchev–Trinajstić information content (AvgIpc) is 3.39. The molecule has 1 aromatic carbocycles. The molecule has 0 bridgehead atoms. The molecule has 122 valence electrons. The number of nitrogens with two attached hydrogens (primary N) is 1. The number of hydrogen-bond donors (Lipinski definition) is 1. The van der Waals surface area contributed by atoms with Gasteiger partial charge in [-0.3, -0.25) is 0 Å². The molecule has 2 N–H and O–H groups in total. The van der Waals surface area contributed by atoms with E-state index in [2.05, 4.69) is 4.98 Å². The van der Waals surface area contributed by atoms with E-state index in [1.807, 2.05) is 37.3 Å². The summed E-state index contributed by atoms with van der Waals surface area (Å²) in [5.74, 6) is 0.693. The maximum absolute atomic E-state index is 12.6. The zero-order valence-electron chi connectivity index (χ0n) is 13.3. The first kappa shape index (κ1) is 15.1. The van der Waals surface area contributed by atoms with Crippen molar-refractivity contribution in [1.29, 1.82) is 0 Å². The van der Waals surface area contributed by atoms with Gasteiger partial charge in [-0.25, -0.2) is 14.3 Å². The highest BCUT2D eigenvalue weighted by molar-refractivity contribution is 6.31. The molecule has 0 spiro atoms. The summed E-state index contributed by atoms with van der Waals surface area (Å²) in [4.78, 5) is 21.3. The Balaban J connectivity index is 2.09. The molecule has 0 saturated heterocycles. The number of fused-ring (bicyclic) bond motifs is 1. The van der Waals surface area contributed by atoms with Crippen LogP contribution in [0.1, 0.15) is 36.9 Å². The number of benzene rings is 1. The average molecular weight is 341 g/mol. The number of anilines is 1. The number of pyridine rings is 1. The molecule has 0 amide bonds. The van der Waals surface area contributed by atoms with Crippen LogP contribution in [0.15, 0.2) is 35.1 Å². The van der Waals surface area contributed by atoms with Gasteiger partial charge in [-0.15, -0.1) is 0 Å². The third kappa shape index (κ3) is 2.36. The molecule has 5 nitrogen and oxygen atoms in total. The quantitative estimate of drug-likeness (QED) is 0.792. The normalized spacial score (nSPS) is 14.2. The second-order valence-corrected chi connectivity index (χ2v) is 6.49. The van der Waals surface area contributed by atoms with E-state index in [1.54, 1.807) is 0 Å². The van der Waals surface area contributed by atoms with Crippen molar-refractivity contribution in [2.75, 3.05) is 5.73 Å². The van der Waals surface area contributed by atoms with Gasteiger partial charge in [0.15, 0.2) is 5.65 Å². The van der Waals surface area contributed by atoms with Crippen LogP contribution in [0.3, 0.4) is 0 Å². The first-order chi connectivity index (χ1) is 11.6. The van der Waals surface area contributed by atoms with Crippen molar-refractivity contribution in [2.45, 2.75) is 32.1 Å². The largest absolute Gasteiger partial charge is 0.383 e. The second-order valence-electron chi connectivity index (χ2n) is 6.09. The molecule has 0 radical (unpaired) electrons. The lowest BCUT2D eigenvalue weighted by Crippen LogP contribution is -2.25. The smallest absolute Gasteiger partial charge is 0.355 e. The van der Waals surface area contributed by atoms with Crippen molar-refractivity contribution >= 4 is 28.5 Å². The first-order valence-electron chi connectivity index (χ1n) is 8.07. The zero-order chi connectivity index (χ0) is 16.8. The van der Waals surface area contributed by atoms with Gasteiger partial charge in [-0.05, 0) is 49.1 Å². The van der Waals surface area contributed by atoms with Gasteiger partial charge in [-0.2, -0.15) is 4.98 Å². The van der Waals surface area contributed by atoms with E-state index in [0.717, 1.165) is 24.1 Å². The maximum atomic E-state index is 12.6. The summed E-state index contributed by atoms with van der Waals surface area (Å²) in [5.41, 5.74) is 8.69. The first-order valence-corrected chi connectivity index (χ1v) is 8.45. The van der Waals surface area contributed by atoms with E-state index in [9.17, 15) is 4.79 Å². The lowest BCUT2D eigenvalue weighted by atomic mass is 10.1. The Morgan fingerprint density at radius 1 is 1.25 bits per heavy atom. The summed E-state index contributed by atoms with van der Waals surface area (Å²) in [6.45, 7) is 2.01. The zero-order valence-corrected chi connectivity index (χ0v) is 14.0. The predicted molar refractivity (Wildman–Crippen MR) is 95.9 cm³/mol. The summed E-state index contributed by atoms with van der Waals surface area (Å²) in [6.07, 6.45) is 2.98. The Hall–Kier alpha value is -2.40. The Labute approximate surface area is 144 Å². The van der Waals surface area contributed by atoms with Gasteiger partial charge in [0.05, 0.1) is 11.1 Å². The number of halogens is 1. The van der Waals surface area contributed by atoms with Gasteiger partial charge in [0.1, 0.15) is 5.82 Å². The highest BCUT2D eigenvalue weighted by atomic mass is 35.5. The fourth-order valence-electron chi connectivity index (χ4n) is 3.07. The van der Waals surface area contributed by atoms with Gasteiger partial charge < -0.3 is 5.73 Å². The van der Waals surface area contributed by atoms with E-state index in [4.69, 9.17) is 22.3 Å². The molecule has 24 heavy (non-hydrogen) atoms. The maximum Gasteiger partial charge on any atom is 0.355 e. The van der Waals surface area contributed by atoms with E-state index in [0.29, 0.717) is 34.1 Å². The Bertz CT molecular complexity index is 1010. The monoisotopic (exact) mass is 340 g/mol. The van der Waals surface area contributed by atoms with E-state index in [-0.39, 0.29) is 5.82 Å². The molecular formula is C18H17ClN4O. The minimum Gasteiger partial charge on any atom is -0.383 e. The molecule has 4 rings (SSSR count). The summed E-state index contributed by atoms with van der Waals surface area (Å²) < 4.78 is 1.53. The van der Waals surface area contributed by atoms with Crippen LogP contribution in [0.5, 0.6) is 0 Å². The van der Waals surface area contributed by atoms with Gasteiger partial charge in [0, 0.05) is 16.6 Å². The van der Waals surface area contributed by atoms with Crippen LogP contribution >= 0.6 is 11.6 Å². The molecule has 1 fully saturated rings. The lowest BCUT2D eigenvalue weighted by Gasteiger charge is -2.15. The summed E-state index contributed by atoms with van der Waals surface area (Å²) >= 11 is 6.33. The molecule has 1 saturated carbocycles. The third-order valence-electron chi connectivity index (χ3n) is 4.48. The van der Waals surface area contributed by atoms with Gasteiger partial charge in [0.25, 0.3) is 0 Å². The highest BCUT2D eigenvalue weighted by Gasteiger charge is 2.26. The fourth-order valence-corrected chi connectivity index (χ4v) is 3.37. The molecule has 0 atom stereocenters. The molecule has 0 unspecified atom stereocenters. The molecule has 1 aliphatic carbocycles. The Morgan fingerprint density at radius 2 is 2.04 bits per heavy atom. The van der Waals surface area contributed by atoms with Crippen LogP contribution < -0.4 is 11.4 Å². The molecule has 6 heteroatoms. The molecule has 0 aliphatic heterocycles. The minimum absolute atomic E-state index is 0.209. The number of hydrogen-bond acceptors (Lipinski definition) is 4. The predicted octanol–water partition coefficient (Wildman–Crippen LogP) is 3.46. The minimum atomic E-state index is -0.433. The van der Waals surface area contributed by atoms with Crippen LogP contribution in [-0.4, -0.2) is 14.5 Å². The van der Waals surface area contributed by atoms with E-state index >= 15 is 0 Å². The van der Waals surface area contributed by atoms with Crippen LogP contribution in [0.4, 0.5) is 5.82 Å². The SMILES string of the molecule is CCc1c(Cl)cccc1-n1c(=O)nc(N)c2ccc(C3CC3)nc21. The fraction of sp³-hybridized carbons (Fsp3) is 0.278. The van der Waals surface area contributed by atoms with Crippen molar-refractivity contribution in [1.82, 2.24) is 14.5 Å². The Kier molecular flexibility index (Phi) is 3.53. The number of aromatic nitrogens is 3. The standard InChI is InChI=1S/C18H17ClN4O/c1-2-11-13(19)4-3-5-15(11)23-17-12(16(20)22-18(23)24)8-9-14(21-17)10-6-7-10/h3-5,8-10H,2,6-7H2,1H3,(H2,20,22,24). The van der Waals surface area contributed by atoms with Gasteiger partial charge in [-0.1, -0.05) is 24.6 Å². The molecule has 2 aromatic heterocycles. The Morgan fingerprint density at radius 3 is 2.75 bits per heavy atom. The topological polar surface area (TPSA) is 73.8 Å². The summed E-state index contributed by atoms with van der Waals surface area (Å²) in [6, 6.07) is 9.41. The van der Waals surface area contributed by atoms with Crippen molar-refractivity contribution in [3.8, 4) is 5.69 Å². The molecule has 1 aliphatic rings. The van der Waals surface area contributed by atoms with Crippen molar-refractivity contribution in [2.24, 2.45) is 0 Å². The molecular weight excluding hydrogens is 324 g/mol. The number of nitrogens with zero attached hydrogens (tertiary/aromatic N) is 3.